The van der Waals surface area contributed by atoms with Crippen LogP contribution in [-0.2, 0) is 11.2 Å². The smallest absolute Gasteiger partial charge is 0.321 e. The molecule has 0 fully saturated rings. The van der Waals surface area contributed by atoms with Gasteiger partial charge in [0.15, 0.2) is 0 Å². The molecule has 0 bridgehead atoms. The molecule has 0 radical (unpaired) electrons. The maximum absolute atomic E-state index is 11.0. The van der Waals surface area contributed by atoms with Gasteiger partial charge in [0.05, 0.1) is 0 Å². The van der Waals surface area contributed by atoms with Gasteiger partial charge in [-0.05, 0) is 60.8 Å². The Kier molecular flexibility index (Phi) is 4.53. The van der Waals surface area contributed by atoms with E-state index in [9.17, 15) is 4.79 Å². The molecule has 0 saturated heterocycles. The largest absolute Gasteiger partial charge is 0.480 e. The maximum Gasteiger partial charge on any atom is 0.321 e. The second-order valence-electron chi connectivity index (χ2n) is 3.65. The first-order valence-corrected chi connectivity index (χ1v) is 5.72. The molecule has 3 nitrogen and oxygen atoms in total. The topological polar surface area (TPSA) is 40.5 Å². The highest BCUT2D eigenvalue weighted by Crippen LogP contribution is 2.10. The van der Waals surface area contributed by atoms with Crippen LogP contribution in [-0.4, -0.2) is 36.1 Å². The van der Waals surface area contributed by atoms with Crippen LogP contribution in [0, 0.1) is 3.57 Å². The number of likely N-dealkylation sites (N-methyl/N-ethyl adjacent to an activating group) is 1. The molecule has 0 aliphatic rings. The highest BCUT2D eigenvalue weighted by Gasteiger charge is 2.19. The summed E-state index contributed by atoms with van der Waals surface area (Å²) in [5.74, 6) is -0.779. The summed E-state index contributed by atoms with van der Waals surface area (Å²) in [7, 11) is 3.57. The second kappa shape index (κ2) is 5.46. The minimum absolute atomic E-state index is 0.454. The van der Waals surface area contributed by atoms with Gasteiger partial charge in [0.1, 0.15) is 6.04 Å². The van der Waals surface area contributed by atoms with Crippen LogP contribution in [0.25, 0.3) is 0 Å². The van der Waals surface area contributed by atoms with Crippen molar-refractivity contribution in [3.8, 4) is 0 Å². The zero-order valence-electron chi connectivity index (χ0n) is 8.77. The van der Waals surface area contributed by atoms with Gasteiger partial charge >= 0.3 is 5.97 Å². The Balaban J connectivity index is 2.74. The molecule has 1 aromatic rings. The Morgan fingerprint density at radius 3 is 2.33 bits per heavy atom. The first kappa shape index (κ1) is 12.4. The van der Waals surface area contributed by atoms with Crippen LogP contribution in [0.5, 0.6) is 0 Å². The molecule has 0 amide bonds. The van der Waals surface area contributed by atoms with Gasteiger partial charge in [-0.1, -0.05) is 12.1 Å². The lowest BCUT2D eigenvalue weighted by Gasteiger charge is -2.19. The Hall–Kier alpha value is -0.620. The SMILES string of the molecule is CN(C)C(Cc1ccc(I)cc1)C(=O)O. The first-order chi connectivity index (χ1) is 7.00. The Bertz CT molecular complexity index is 335. The van der Waals surface area contributed by atoms with E-state index in [1.54, 1.807) is 19.0 Å². The summed E-state index contributed by atoms with van der Waals surface area (Å²) in [5.41, 5.74) is 1.05. The van der Waals surface area contributed by atoms with E-state index in [1.807, 2.05) is 24.3 Å². The van der Waals surface area contributed by atoms with Gasteiger partial charge in [-0.15, -0.1) is 0 Å². The number of benzene rings is 1. The van der Waals surface area contributed by atoms with Gasteiger partial charge in [0, 0.05) is 3.57 Å². The molecule has 0 aromatic heterocycles. The molecule has 0 saturated carbocycles. The highest BCUT2D eigenvalue weighted by atomic mass is 127. The van der Waals surface area contributed by atoms with Crippen LogP contribution in [0.4, 0.5) is 0 Å². The molecule has 1 rings (SSSR count). The predicted octanol–water partition coefficient (Wildman–Crippen LogP) is 1.85. The number of carboxylic acids is 1. The lowest BCUT2D eigenvalue weighted by Crippen LogP contribution is -2.37. The molecular weight excluding hydrogens is 305 g/mol. The van der Waals surface area contributed by atoms with Gasteiger partial charge in [-0.2, -0.15) is 0 Å². The van der Waals surface area contributed by atoms with Crippen LogP contribution in [0.15, 0.2) is 24.3 Å². The number of carbonyl (C=O) groups is 1. The maximum atomic E-state index is 11.0. The predicted molar refractivity (Wildman–Crippen MR) is 68.0 cm³/mol. The van der Waals surface area contributed by atoms with Crippen molar-refractivity contribution in [2.75, 3.05) is 14.1 Å². The van der Waals surface area contributed by atoms with Crippen LogP contribution >= 0.6 is 22.6 Å². The number of nitrogens with zero attached hydrogens (tertiary/aromatic N) is 1. The summed E-state index contributed by atoms with van der Waals surface area (Å²) >= 11 is 2.23. The fraction of sp³-hybridized carbons (Fsp3) is 0.364. The van der Waals surface area contributed by atoms with Crippen molar-refractivity contribution in [1.82, 2.24) is 4.90 Å². The van der Waals surface area contributed by atoms with Gasteiger partial charge in [0.2, 0.25) is 0 Å². The Morgan fingerprint density at radius 1 is 1.40 bits per heavy atom. The average molecular weight is 319 g/mol. The third-order valence-electron chi connectivity index (χ3n) is 2.25. The lowest BCUT2D eigenvalue weighted by molar-refractivity contribution is -0.142. The molecule has 1 N–H and O–H groups in total. The molecule has 1 atom stereocenters. The van der Waals surface area contributed by atoms with Crippen molar-refractivity contribution in [3.05, 3.63) is 33.4 Å². The first-order valence-electron chi connectivity index (χ1n) is 4.64. The quantitative estimate of drug-likeness (QED) is 0.861. The van der Waals surface area contributed by atoms with E-state index < -0.39 is 12.0 Å². The highest BCUT2D eigenvalue weighted by molar-refractivity contribution is 14.1. The fourth-order valence-corrected chi connectivity index (χ4v) is 1.69. The zero-order chi connectivity index (χ0) is 11.4. The van der Waals surface area contributed by atoms with Crippen LogP contribution < -0.4 is 0 Å². The third-order valence-corrected chi connectivity index (χ3v) is 2.97. The van der Waals surface area contributed by atoms with Gasteiger partial charge in [-0.25, -0.2) is 0 Å². The molecule has 1 aromatic carbocycles. The number of halogens is 1. The van der Waals surface area contributed by atoms with Gasteiger partial charge in [0.25, 0.3) is 0 Å². The number of rotatable bonds is 4. The minimum atomic E-state index is -0.779. The summed E-state index contributed by atoms with van der Waals surface area (Å²) in [6.45, 7) is 0. The Morgan fingerprint density at radius 2 is 1.93 bits per heavy atom. The molecule has 0 aliphatic carbocycles. The molecular formula is C11H14INO2. The van der Waals surface area contributed by atoms with Crippen LogP contribution in [0.2, 0.25) is 0 Å². The van der Waals surface area contributed by atoms with Crippen molar-refractivity contribution < 1.29 is 9.90 Å². The zero-order valence-corrected chi connectivity index (χ0v) is 10.9. The number of hydrogen-bond donors (Lipinski definition) is 1. The van der Waals surface area contributed by atoms with E-state index >= 15 is 0 Å². The van der Waals surface area contributed by atoms with E-state index in [1.165, 1.54) is 0 Å². The lowest BCUT2D eigenvalue weighted by atomic mass is 10.1. The van der Waals surface area contributed by atoms with E-state index in [4.69, 9.17) is 5.11 Å². The molecule has 0 heterocycles. The summed E-state index contributed by atoms with van der Waals surface area (Å²) in [6.07, 6.45) is 0.541. The molecule has 1 unspecified atom stereocenters. The molecule has 4 heteroatoms. The van der Waals surface area contributed by atoms with Crippen molar-refractivity contribution in [2.24, 2.45) is 0 Å². The monoisotopic (exact) mass is 319 g/mol. The van der Waals surface area contributed by atoms with Crippen molar-refractivity contribution in [1.29, 1.82) is 0 Å². The Labute approximate surface area is 103 Å². The normalized spacial score (nSPS) is 12.8. The van der Waals surface area contributed by atoms with E-state index in [2.05, 4.69) is 22.6 Å². The third kappa shape index (κ3) is 3.79. The number of hydrogen-bond acceptors (Lipinski definition) is 2. The fourth-order valence-electron chi connectivity index (χ4n) is 1.33. The van der Waals surface area contributed by atoms with E-state index in [-0.39, 0.29) is 0 Å². The molecule has 0 spiro atoms. The number of carboxylic acid groups (broad SMARTS) is 1. The summed E-state index contributed by atoms with van der Waals surface area (Å²) < 4.78 is 1.16. The van der Waals surface area contributed by atoms with Gasteiger partial charge < -0.3 is 5.11 Å². The van der Waals surface area contributed by atoms with Gasteiger partial charge in [-0.3, -0.25) is 9.69 Å². The standard InChI is InChI=1S/C11H14INO2/c1-13(2)10(11(14)15)7-8-3-5-9(12)6-4-8/h3-6,10H,7H2,1-2H3,(H,14,15). The number of aliphatic carboxylic acids is 1. The average Bonchev–Trinajstić information content (AvgIpc) is 2.15. The van der Waals surface area contributed by atoms with Crippen LogP contribution in [0.1, 0.15) is 5.56 Å². The van der Waals surface area contributed by atoms with E-state index in [0.717, 1.165) is 9.13 Å². The van der Waals surface area contributed by atoms with Crippen LogP contribution in [0.3, 0.4) is 0 Å². The van der Waals surface area contributed by atoms with E-state index in [0.29, 0.717) is 6.42 Å². The summed E-state index contributed by atoms with van der Waals surface area (Å²) in [4.78, 5) is 12.7. The second-order valence-corrected chi connectivity index (χ2v) is 4.89. The summed E-state index contributed by atoms with van der Waals surface area (Å²) in [6, 6.07) is 7.47. The molecule has 0 aliphatic heterocycles. The minimum Gasteiger partial charge on any atom is -0.480 e. The van der Waals surface area contributed by atoms with Crippen molar-refractivity contribution >= 4 is 28.6 Å². The van der Waals surface area contributed by atoms with Crippen molar-refractivity contribution in [3.63, 3.8) is 0 Å². The molecule has 82 valence electrons. The van der Waals surface area contributed by atoms with Crippen molar-refractivity contribution in [2.45, 2.75) is 12.5 Å². The summed E-state index contributed by atoms with van der Waals surface area (Å²) in [5, 5.41) is 9.02. The molecule has 15 heavy (non-hydrogen) atoms.